The van der Waals surface area contributed by atoms with Crippen molar-refractivity contribution in [3.05, 3.63) is 36.0 Å². The first-order valence-corrected chi connectivity index (χ1v) is 8.36. The maximum Gasteiger partial charge on any atom is 0.409 e. The number of carbonyl (C=O) groups excluding carboxylic acids is 1. The smallest absolute Gasteiger partial charge is 0.409 e. The zero-order valence-corrected chi connectivity index (χ0v) is 14.5. The van der Waals surface area contributed by atoms with Crippen molar-refractivity contribution in [2.45, 2.75) is 13.8 Å². The van der Waals surface area contributed by atoms with Crippen molar-refractivity contribution in [2.75, 3.05) is 43.0 Å². The van der Waals surface area contributed by atoms with Crippen LogP contribution in [0.15, 0.2) is 30.5 Å². The van der Waals surface area contributed by atoms with E-state index in [4.69, 9.17) is 4.74 Å². The number of anilines is 3. The lowest BCUT2D eigenvalue weighted by atomic mass is 10.2. The van der Waals surface area contributed by atoms with E-state index in [1.54, 1.807) is 18.0 Å². The number of hydrogen-bond donors (Lipinski definition) is 1. The van der Waals surface area contributed by atoms with Gasteiger partial charge in [0.25, 0.3) is 0 Å². The average molecular weight is 342 g/mol. The number of nitrogens with zero attached hydrogens (tertiary/aromatic N) is 5. The minimum Gasteiger partial charge on any atom is -0.450 e. The predicted octanol–water partition coefficient (Wildman–Crippen LogP) is 2.20. The standard InChI is InChI=1S/C17H22N6O2/c1-3-25-17(24)23-9-7-22(8-10-23)16-20-15(12-18-21-16)19-14-6-4-5-13(2)11-14/h4-6,11-12H,3,7-10H2,1-2H3,(H,19,20,21). The highest BCUT2D eigenvalue weighted by Gasteiger charge is 2.23. The van der Waals surface area contributed by atoms with E-state index in [1.807, 2.05) is 36.1 Å². The summed E-state index contributed by atoms with van der Waals surface area (Å²) in [6.07, 6.45) is 1.33. The molecule has 25 heavy (non-hydrogen) atoms. The molecule has 2 aromatic rings. The highest BCUT2D eigenvalue weighted by molar-refractivity contribution is 5.68. The first-order valence-electron chi connectivity index (χ1n) is 8.36. The molecule has 1 saturated heterocycles. The molecule has 8 nitrogen and oxygen atoms in total. The van der Waals surface area contributed by atoms with Gasteiger partial charge in [-0.05, 0) is 31.5 Å². The van der Waals surface area contributed by atoms with E-state index in [1.165, 1.54) is 5.56 Å². The van der Waals surface area contributed by atoms with Crippen LogP contribution in [0.25, 0.3) is 0 Å². The van der Waals surface area contributed by atoms with Gasteiger partial charge in [0, 0.05) is 31.9 Å². The van der Waals surface area contributed by atoms with Gasteiger partial charge in [0.15, 0.2) is 5.82 Å². The summed E-state index contributed by atoms with van der Waals surface area (Å²) in [5, 5.41) is 11.4. The fourth-order valence-electron chi connectivity index (χ4n) is 2.66. The maximum absolute atomic E-state index is 11.8. The van der Waals surface area contributed by atoms with Crippen LogP contribution in [-0.4, -0.2) is 59.0 Å². The first-order chi connectivity index (χ1) is 12.2. The molecule has 132 valence electrons. The third kappa shape index (κ3) is 4.34. The molecule has 0 bridgehead atoms. The van der Waals surface area contributed by atoms with E-state index < -0.39 is 0 Å². The summed E-state index contributed by atoms with van der Waals surface area (Å²) >= 11 is 0. The van der Waals surface area contributed by atoms with Crippen molar-refractivity contribution in [1.29, 1.82) is 0 Å². The van der Waals surface area contributed by atoms with Crippen LogP contribution in [0.4, 0.5) is 22.2 Å². The third-order valence-electron chi connectivity index (χ3n) is 3.93. The normalized spacial score (nSPS) is 14.3. The van der Waals surface area contributed by atoms with Gasteiger partial charge in [0.1, 0.15) is 0 Å². The van der Waals surface area contributed by atoms with Crippen LogP contribution in [0.1, 0.15) is 12.5 Å². The zero-order chi connectivity index (χ0) is 17.6. The van der Waals surface area contributed by atoms with Gasteiger partial charge in [-0.15, -0.1) is 5.10 Å². The number of rotatable bonds is 4. The number of aromatic nitrogens is 3. The third-order valence-corrected chi connectivity index (χ3v) is 3.93. The molecule has 3 rings (SSSR count). The summed E-state index contributed by atoms with van der Waals surface area (Å²) in [5.74, 6) is 1.20. The highest BCUT2D eigenvalue weighted by atomic mass is 16.6. The minimum absolute atomic E-state index is 0.268. The van der Waals surface area contributed by atoms with Gasteiger partial charge in [-0.2, -0.15) is 10.1 Å². The lowest BCUT2D eigenvalue weighted by Gasteiger charge is -2.33. The van der Waals surface area contributed by atoms with Gasteiger partial charge in [-0.3, -0.25) is 0 Å². The van der Waals surface area contributed by atoms with Crippen LogP contribution in [0.2, 0.25) is 0 Å². The van der Waals surface area contributed by atoms with E-state index in [-0.39, 0.29) is 6.09 Å². The van der Waals surface area contributed by atoms with Crippen LogP contribution in [0, 0.1) is 6.92 Å². The van der Waals surface area contributed by atoms with Crippen LogP contribution in [0.3, 0.4) is 0 Å². The fourth-order valence-corrected chi connectivity index (χ4v) is 2.66. The molecule has 1 aromatic heterocycles. The van der Waals surface area contributed by atoms with Crippen molar-refractivity contribution in [3.8, 4) is 0 Å². The van der Waals surface area contributed by atoms with E-state index in [2.05, 4.69) is 20.5 Å². The molecule has 1 amide bonds. The SMILES string of the molecule is CCOC(=O)N1CCN(c2nncc(Nc3cccc(C)c3)n2)CC1. The molecule has 0 spiro atoms. The summed E-state index contributed by atoms with van der Waals surface area (Å²) in [6, 6.07) is 8.05. The maximum atomic E-state index is 11.8. The second-order valence-corrected chi connectivity index (χ2v) is 5.81. The Labute approximate surface area is 146 Å². The molecule has 1 aromatic carbocycles. The lowest BCUT2D eigenvalue weighted by molar-refractivity contribution is 0.105. The van der Waals surface area contributed by atoms with Gasteiger partial charge in [-0.1, -0.05) is 12.1 Å². The van der Waals surface area contributed by atoms with Crippen molar-refractivity contribution >= 4 is 23.5 Å². The number of ether oxygens (including phenoxy) is 1. The van der Waals surface area contributed by atoms with Crippen LogP contribution in [-0.2, 0) is 4.74 Å². The molecule has 0 radical (unpaired) electrons. The Bertz CT molecular complexity index is 731. The molecule has 1 fully saturated rings. The number of aryl methyl sites for hydroxylation is 1. The molecule has 0 aliphatic carbocycles. The Hall–Kier alpha value is -2.90. The summed E-state index contributed by atoms with van der Waals surface area (Å²) in [7, 11) is 0. The largest absolute Gasteiger partial charge is 0.450 e. The second-order valence-electron chi connectivity index (χ2n) is 5.81. The average Bonchev–Trinajstić information content (AvgIpc) is 2.62. The van der Waals surface area contributed by atoms with E-state index in [0.29, 0.717) is 44.6 Å². The molecule has 0 unspecified atom stereocenters. The molecule has 2 heterocycles. The van der Waals surface area contributed by atoms with Gasteiger partial charge in [0.05, 0.1) is 12.8 Å². The Morgan fingerprint density at radius 2 is 2.08 bits per heavy atom. The molecular formula is C17H22N6O2. The minimum atomic E-state index is -0.268. The van der Waals surface area contributed by atoms with Crippen LogP contribution in [0.5, 0.6) is 0 Å². The summed E-state index contributed by atoms with van der Waals surface area (Å²) in [4.78, 5) is 20.0. The Balaban J connectivity index is 1.63. The second kappa shape index (κ2) is 7.78. The zero-order valence-electron chi connectivity index (χ0n) is 14.5. The van der Waals surface area contributed by atoms with Crippen molar-refractivity contribution in [1.82, 2.24) is 20.1 Å². The Kier molecular flexibility index (Phi) is 5.27. The number of hydrogen-bond acceptors (Lipinski definition) is 7. The monoisotopic (exact) mass is 342 g/mol. The summed E-state index contributed by atoms with van der Waals surface area (Å²) < 4.78 is 5.03. The molecule has 0 saturated carbocycles. The molecule has 8 heteroatoms. The fraction of sp³-hybridized carbons (Fsp3) is 0.412. The number of carbonyl (C=O) groups is 1. The number of amides is 1. The van der Waals surface area contributed by atoms with Crippen LogP contribution >= 0.6 is 0 Å². The van der Waals surface area contributed by atoms with Crippen molar-refractivity contribution in [3.63, 3.8) is 0 Å². The predicted molar refractivity (Wildman–Crippen MR) is 95.1 cm³/mol. The van der Waals surface area contributed by atoms with Gasteiger partial charge >= 0.3 is 6.09 Å². The molecular weight excluding hydrogens is 320 g/mol. The van der Waals surface area contributed by atoms with E-state index in [0.717, 1.165) is 5.69 Å². The van der Waals surface area contributed by atoms with E-state index in [9.17, 15) is 4.79 Å². The molecule has 1 aliphatic rings. The van der Waals surface area contributed by atoms with Gasteiger partial charge < -0.3 is 19.9 Å². The topological polar surface area (TPSA) is 83.5 Å². The van der Waals surface area contributed by atoms with Gasteiger partial charge in [-0.25, -0.2) is 4.79 Å². The van der Waals surface area contributed by atoms with Crippen molar-refractivity contribution in [2.24, 2.45) is 0 Å². The lowest BCUT2D eigenvalue weighted by Crippen LogP contribution is -2.49. The molecule has 0 atom stereocenters. The van der Waals surface area contributed by atoms with Crippen molar-refractivity contribution < 1.29 is 9.53 Å². The van der Waals surface area contributed by atoms with E-state index >= 15 is 0 Å². The van der Waals surface area contributed by atoms with Gasteiger partial charge in [0.2, 0.25) is 5.95 Å². The summed E-state index contributed by atoms with van der Waals surface area (Å²) in [5.41, 5.74) is 2.13. The summed E-state index contributed by atoms with van der Waals surface area (Å²) in [6.45, 7) is 6.69. The molecule has 1 aliphatic heterocycles. The number of benzene rings is 1. The Morgan fingerprint density at radius 1 is 1.28 bits per heavy atom. The quantitative estimate of drug-likeness (QED) is 0.912. The highest BCUT2D eigenvalue weighted by Crippen LogP contribution is 2.17. The van der Waals surface area contributed by atoms with Crippen LogP contribution < -0.4 is 10.2 Å². The number of nitrogens with one attached hydrogen (secondary N) is 1. The number of piperazine rings is 1. The molecule has 1 N–H and O–H groups in total. The first kappa shape index (κ1) is 16.9. The Morgan fingerprint density at radius 3 is 2.80 bits per heavy atom.